The topological polar surface area (TPSA) is 18.5 Å². The molecule has 1 unspecified atom stereocenters. The second kappa shape index (κ2) is 10.1. The van der Waals surface area contributed by atoms with Crippen LogP contribution in [0.25, 0.3) is 0 Å². The molecule has 0 bridgehead atoms. The first-order valence-electron chi connectivity index (χ1n) is 7.37. The minimum absolute atomic E-state index is 0. The fourth-order valence-corrected chi connectivity index (χ4v) is 2.72. The van der Waals surface area contributed by atoms with Gasteiger partial charge < -0.3 is 34.3 Å². The van der Waals surface area contributed by atoms with E-state index in [9.17, 15) is 0 Å². The van der Waals surface area contributed by atoms with Gasteiger partial charge in [0.2, 0.25) is 5.79 Å². The van der Waals surface area contributed by atoms with Crippen LogP contribution in [0.1, 0.15) is 47.5 Å². The molecular formula is C18H25Cl2O2Ti. The van der Waals surface area contributed by atoms with Crippen molar-refractivity contribution in [2.45, 2.75) is 53.2 Å². The van der Waals surface area contributed by atoms with Gasteiger partial charge in [-0.1, -0.05) is 38.5 Å². The molecule has 1 radical (unpaired) electrons. The van der Waals surface area contributed by atoms with Crippen LogP contribution < -0.4 is 24.8 Å². The van der Waals surface area contributed by atoms with E-state index in [0.717, 1.165) is 18.6 Å². The smallest absolute Gasteiger partial charge is 1.00 e. The van der Waals surface area contributed by atoms with E-state index >= 15 is 0 Å². The molecule has 0 amide bonds. The number of halogens is 2. The fourth-order valence-electron chi connectivity index (χ4n) is 2.72. The maximum Gasteiger partial charge on any atom is 3.00 e. The van der Waals surface area contributed by atoms with Crippen molar-refractivity contribution >= 4 is 0 Å². The molecule has 1 atom stereocenters. The molecule has 0 saturated heterocycles. The normalized spacial score (nSPS) is 22.7. The van der Waals surface area contributed by atoms with Gasteiger partial charge in [-0.2, -0.15) is 12.2 Å². The largest absolute Gasteiger partial charge is 3.00 e. The molecule has 2 nitrogen and oxygen atoms in total. The third-order valence-corrected chi connectivity index (χ3v) is 3.60. The van der Waals surface area contributed by atoms with Crippen molar-refractivity contribution in [1.29, 1.82) is 0 Å². The van der Waals surface area contributed by atoms with Crippen LogP contribution in [0.2, 0.25) is 0 Å². The molecule has 0 aromatic carbocycles. The van der Waals surface area contributed by atoms with Gasteiger partial charge in [-0.3, -0.25) is 0 Å². The van der Waals surface area contributed by atoms with Crippen LogP contribution in [0.15, 0.2) is 41.2 Å². The Morgan fingerprint density at radius 3 is 2.39 bits per heavy atom. The SMILES string of the molecule is CCOC1(OC2=[C-]CC=C2)CC=C(C)C=C1C(C)(C)C.[Cl-].[Cl-].[Ti+3]. The maximum atomic E-state index is 6.25. The summed E-state index contributed by atoms with van der Waals surface area (Å²) in [6.45, 7) is 11.4. The van der Waals surface area contributed by atoms with Crippen molar-refractivity contribution in [2.24, 2.45) is 5.41 Å². The van der Waals surface area contributed by atoms with Gasteiger partial charge in [0.05, 0.1) is 0 Å². The number of hydrogen-bond donors (Lipinski definition) is 0. The Balaban J connectivity index is 0. The van der Waals surface area contributed by atoms with Crippen LogP contribution in [-0.2, 0) is 31.2 Å². The summed E-state index contributed by atoms with van der Waals surface area (Å²) >= 11 is 0. The Morgan fingerprint density at radius 1 is 1.26 bits per heavy atom. The molecule has 127 valence electrons. The van der Waals surface area contributed by atoms with Crippen LogP contribution >= 0.6 is 0 Å². The maximum absolute atomic E-state index is 6.25. The van der Waals surface area contributed by atoms with E-state index in [2.05, 4.69) is 52.0 Å². The summed E-state index contributed by atoms with van der Waals surface area (Å²) in [5, 5.41) is 0. The van der Waals surface area contributed by atoms with Crippen LogP contribution in [0.5, 0.6) is 0 Å². The Kier molecular flexibility index (Phi) is 11.1. The average molecular weight is 392 g/mol. The fraction of sp³-hybridized carbons (Fsp3) is 0.556. The zero-order valence-corrected chi connectivity index (χ0v) is 17.6. The van der Waals surface area contributed by atoms with Gasteiger partial charge in [0.15, 0.2) is 0 Å². The molecule has 0 fully saturated rings. The quantitative estimate of drug-likeness (QED) is 0.337. The Labute approximate surface area is 168 Å². The minimum Gasteiger partial charge on any atom is -1.00 e. The Morgan fingerprint density at radius 2 is 1.91 bits per heavy atom. The summed E-state index contributed by atoms with van der Waals surface area (Å²) in [5.41, 5.74) is 2.46. The zero-order valence-electron chi connectivity index (χ0n) is 14.5. The Bertz CT molecular complexity index is 502. The minimum atomic E-state index is -0.691. The van der Waals surface area contributed by atoms with Crippen LogP contribution in [0.4, 0.5) is 0 Å². The molecule has 0 N–H and O–H groups in total. The summed E-state index contributed by atoms with van der Waals surface area (Å²) < 4.78 is 12.3. The third kappa shape index (κ3) is 6.10. The average Bonchev–Trinajstić information content (AvgIpc) is 2.84. The van der Waals surface area contributed by atoms with Gasteiger partial charge in [-0.15, -0.1) is 6.42 Å². The van der Waals surface area contributed by atoms with E-state index < -0.39 is 5.79 Å². The predicted octanol–water partition coefficient (Wildman–Crippen LogP) is -1.29. The molecule has 23 heavy (non-hydrogen) atoms. The molecular weight excluding hydrogens is 367 g/mol. The van der Waals surface area contributed by atoms with Crippen LogP contribution in [0.3, 0.4) is 0 Å². The van der Waals surface area contributed by atoms with Crippen molar-refractivity contribution in [2.75, 3.05) is 6.61 Å². The second-order valence-electron chi connectivity index (χ2n) is 6.40. The standard InChI is InChI=1S/C18H25O2.2ClH.Ti/c1-6-19-18(20-15-9-7-8-10-15)12-11-14(2)13-16(18)17(3,4)5;;;/h7,9,11,13H,6,8,12H2,1-5H3;2*1H;/q-1;;;+3/p-2. The summed E-state index contributed by atoms with van der Waals surface area (Å²) in [4.78, 5) is 0. The molecule has 0 aromatic heterocycles. The van der Waals surface area contributed by atoms with Crippen molar-refractivity contribution in [3.05, 3.63) is 47.3 Å². The van der Waals surface area contributed by atoms with Gasteiger partial charge in [0.1, 0.15) is 0 Å². The molecule has 0 saturated carbocycles. The number of allylic oxidation sites excluding steroid dienone is 5. The number of rotatable bonds is 4. The van der Waals surface area contributed by atoms with Crippen molar-refractivity contribution in [1.82, 2.24) is 0 Å². The molecule has 2 aliphatic carbocycles. The third-order valence-electron chi connectivity index (χ3n) is 3.60. The first-order valence-corrected chi connectivity index (χ1v) is 7.37. The molecule has 5 heteroatoms. The van der Waals surface area contributed by atoms with E-state index in [1.54, 1.807) is 0 Å². The van der Waals surface area contributed by atoms with Gasteiger partial charge in [-0.25, -0.2) is 6.08 Å². The number of ether oxygens (including phenoxy) is 2. The molecule has 0 heterocycles. The van der Waals surface area contributed by atoms with Crippen molar-refractivity contribution < 1.29 is 56.0 Å². The molecule has 0 aliphatic heterocycles. The van der Waals surface area contributed by atoms with E-state index in [1.807, 2.05) is 13.0 Å². The molecule has 2 rings (SSSR count). The van der Waals surface area contributed by atoms with Gasteiger partial charge in [-0.05, 0) is 25.0 Å². The van der Waals surface area contributed by atoms with Crippen molar-refractivity contribution in [3.63, 3.8) is 0 Å². The van der Waals surface area contributed by atoms with E-state index in [-0.39, 0.29) is 51.9 Å². The molecule has 0 aromatic rings. The summed E-state index contributed by atoms with van der Waals surface area (Å²) in [6.07, 6.45) is 13.2. The monoisotopic (exact) mass is 391 g/mol. The predicted molar refractivity (Wildman–Crippen MR) is 81.9 cm³/mol. The first kappa shape index (κ1) is 25.3. The van der Waals surface area contributed by atoms with Gasteiger partial charge in [0.25, 0.3) is 0 Å². The molecule has 0 spiro atoms. The van der Waals surface area contributed by atoms with E-state index in [4.69, 9.17) is 9.47 Å². The summed E-state index contributed by atoms with van der Waals surface area (Å²) in [5.74, 6) is 0.102. The van der Waals surface area contributed by atoms with Gasteiger partial charge >= 0.3 is 21.7 Å². The summed E-state index contributed by atoms with van der Waals surface area (Å²) in [7, 11) is 0. The Hall–Kier alpha value is 0.0143. The van der Waals surface area contributed by atoms with Crippen LogP contribution in [-0.4, -0.2) is 12.4 Å². The number of hydrogen-bond acceptors (Lipinski definition) is 2. The van der Waals surface area contributed by atoms with E-state index in [0.29, 0.717) is 6.61 Å². The summed E-state index contributed by atoms with van der Waals surface area (Å²) in [6, 6.07) is 0. The second-order valence-corrected chi connectivity index (χ2v) is 6.40. The molecule has 2 aliphatic rings. The first-order chi connectivity index (χ1) is 9.37. The van der Waals surface area contributed by atoms with Gasteiger partial charge in [0, 0.05) is 18.6 Å². The zero-order chi connectivity index (χ0) is 14.8. The van der Waals surface area contributed by atoms with Crippen LogP contribution in [0, 0.1) is 11.5 Å². The van der Waals surface area contributed by atoms with E-state index in [1.165, 1.54) is 11.1 Å². The van der Waals surface area contributed by atoms with Crippen molar-refractivity contribution in [3.8, 4) is 0 Å².